The number of ether oxygens (including phenoxy) is 1. The number of nitrogens with one attached hydrogen (secondary N) is 2. The molecule has 2 N–H and O–H groups in total. The lowest BCUT2D eigenvalue weighted by Crippen LogP contribution is -2.24. The van der Waals surface area contributed by atoms with Crippen molar-refractivity contribution < 1.29 is 14.3 Å². The van der Waals surface area contributed by atoms with Crippen molar-refractivity contribution in [2.45, 2.75) is 33.6 Å². The summed E-state index contributed by atoms with van der Waals surface area (Å²) in [5.41, 5.74) is 2.98. The van der Waals surface area contributed by atoms with Crippen molar-refractivity contribution in [1.82, 2.24) is 5.32 Å². The number of halogens is 1. The normalized spacial score (nSPS) is 10.4. The van der Waals surface area contributed by atoms with Gasteiger partial charge in [0.2, 0.25) is 0 Å². The van der Waals surface area contributed by atoms with Gasteiger partial charge in [-0.2, -0.15) is 0 Å². The second-order valence-electron chi connectivity index (χ2n) is 6.39. The second-order valence-corrected chi connectivity index (χ2v) is 6.77. The number of carbonyl (C=O) groups excluding carboxylic acids is 2. The summed E-state index contributed by atoms with van der Waals surface area (Å²) in [6, 6.07) is 10.4. The predicted octanol–water partition coefficient (Wildman–Crippen LogP) is 4.50. The first-order valence-corrected chi connectivity index (χ1v) is 9.36. The summed E-state index contributed by atoms with van der Waals surface area (Å²) in [7, 11) is 0. The van der Waals surface area contributed by atoms with E-state index in [0.717, 1.165) is 24.0 Å². The molecule has 0 spiro atoms. The van der Waals surface area contributed by atoms with Gasteiger partial charge in [0.15, 0.2) is 6.61 Å². The number of hydrogen-bond acceptors (Lipinski definition) is 3. The number of amides is 2. The lowest BCUT2D eigenvalue weighted by atomic mass is 10.1. The number of hydrogen-bond donors (Lipinski definition) is 2. The Labute approximate surface area is 165 Å². The highest BCUT2D eigenvalue weighted by Crippen LogP contribution is 2.25. The summed E-state index contributed by atoms with van der Waals surface area (Å²) in [6.07, 6.45) is 1.98. The van der Waals surface area contributed by atoms with E-state index in [0.29, 0.717) is 28.6 Å². The SMILES string of the molecule is CCCCNC(=O)c1ccc(NC(=O)COc2cc(C)c(Cl)c(C)c2)cc1. The Hall–Kier alpha value is -2.53. The Balaban J connectivity index is 1.86. The first-order chi connectivity index (χ1) is 12.9. The van der Waals surface area contributed by atoms with Crippen molar-refractivity contribution in [3.63, 3.8) is 0 Å². The van der Waals surface area contributed by atoms with Crippen molar-refractivity contribution in [3.05, 3.63) is 58.1 Å². The number of anilines is 1. The van der Waals surface area contributed by atoms with E-state index < -0.39 is 0 Å². The van der Waals surface area contributed by atoms with E-state index >= 15 is 0 Å². The summed E-state index contributed by atoms with van der Waals surface area (Å²) in [6.45, 7) is 6.40. The zero-order valence-corrected chi connectivity index (χ0v) is 16.7. The van der Waals surface area contributed by atoms with Crippen molar-refractivity contribution in [3.8, 4) is 5.75 Å². The Kier molecular flexibility index (Phi) is 7.67. The minimum atomic E-state index is -0.277. The fourth-order valence-electron chi connectivity index (χ4n) is 2.52. The summed E-state index contributed by atoms with van der Waals surface area (Å²) >= 11 is 6.13. The average molecular weight is 389 g/mol. The van der Waals surface area contributed by atoms with Gasteiger partial charge in [-0.25, -0.2) is 0 Å². The highest BCUT2D eigenvalue weighted by Gasteiger charge is 2.08. The average Bonchev–Trinajstić information content (AvgIpc) is 2.65. The Bertz CT molecular complexity index is 781. The monoisotopic (exact) mass is 388 g/mol. The van der Waals surface area contributed by atoms with Gasteiger partial charge in [0.1, 0.15) is 5.75 Å². The van der Waals surface area contributed by atoms with E-state index in [4.69, 9.17) is 16.3 Å². The van der Waals surface area contributed by atoms with Gasteiger partial charge in [0, 0.05) is 22.8 Å². The Morgan fingerprint density at radius 2 is 1.70 bits per heavy atom. The molecule has 0 radical (unpaired) electrons. The van der Waals surface area contributed by atoms with E-state index in [9.17, 15) is 9.59 Å². The molecule has 0 atom stereocenters. The highest BCUT2D eigenvalue weighted by atomic mass is 35.5. The zero-order valence-electron chi connectivity index (χ0n) is 15.9. The topological polar surface area (TPSA) is 67.4 Å². The maximum absolute atomic E-state index is 12.1. The molecule has 2 aromatic rings. The van der Waals surface area contributed by atoms with Crippen LogP contribution in [0.5, 0.6) is 5.75 Å². The minimum Gasteiger partial charge on any atom is -0.484 e. The van der Waals surface area contributed by atoms with Crippen LogP contribution in [0.1, 0.15) is 41.3 Å². The van der Waals surface area contributed by atoms with Gasteiger partial charge in [-0.15, -0.1) is 0 Å². The van der Waals surface area contributed by atoms with Crippen molar-refractivity contribution in [2.75, 3.05) is 18.5 Å². The lowest BCUT2D eigenvalue weighted by molar-refractivity contribution is -0.118. The van der Waals surface area contributed by atoms with Crippen LogP contribution in [0, 0.1) is 13.8 Å². The lowest BCUT2D eigenvalue weighted by Gasteiger charge is -2.11. The largest absolute Gasteiger partial charge is 0.484 e. The van der Waals surface area contributed by atoms with Crippen LogP contribution in [-0.2, 0) is 4.79 Å². The number of carbonyl (C=O) groups is 2. The van der Waals surface area contributed by atoms with Gasteiger partial charge in [0.25, 0.3) is 11.8 Å². The molecule has 2 amide bonds. The van der Waals surface area contributed by atoms with Crippen LogP contribution >= 0.6 is 11.6 Å². The number of rotatable bonds is 8. The molecule has 144 valence electrons. The van der Waals surface area contributed by atoms with E-state index in [2.05, 4.69) is 17.6 Å². The van der Waals surface area contributed by atoms with Crippen LogP contribution in [0.15, 0.2) is 36.4 Å². The van der Waals surface area contributed by atoms with Crippen LogP contribution < -0.4 is 15.4 Å². The zero-order chi connectivity index (χ0) is 19.8. The molecule has 0 aromatic heterocycles. The Morgan fingerprint density at radius 1 is 1.07 bits per heavy atom. The summed E-state index contributed by atoms with van der Waals surface area (Å²) < 4.78 is 5.54. The van der Waals surface area contributed by atoms with Crippen LogP contribution in [0.25, 0.3) is 0 Å². The van der Waals surface area contributed by atoms with Crippen LogP contribution in [-0.4, -0.2) is 25.0 Å². The van der Waals surface area contributed by atoms with Crippen molar-refractivity contribution in [1.29, 1.82) is 0 Å². The van der Waals surface area contributed by atoms with Gasteiger partial charge in [-0.3, -0.25) is 9.59 Å². The third kappa shape index (κ3) is 6.29. The number of aryl methyl sites for hydroxylation is 2. The molecule has 0 aliphatic rings. The van der Waals surface area contributed by atoms with Gasteiger partial charge < -0.3 is 15.4 Å². The van der Waals surface area contributed by atoms with Crippen LogP contribution in [0.2, 0.25) is 5.02 Å². The first-order valence-electron chi connectivity index (χ1n) is 8.98. The molecule has 0 bridgehead atoms. The van der Waals surface area contributed by atoms with Gasteiger partial charge in [-0.1, -0.05) is 24.9 Å². The van der Waals surface area contributed by atoms with E-state index in [1.165, 1.54) is 0 Å². The molecule has 2 aromatic carbocycles. The van der Waals surface area contributed by atoms with E-state index in [-0.39, 0.29) is 18.4 Å². The van der Waals surface area contributed by atoms with Crippen LogP contribution in [0.3, 0.4) is 0 Å². The first kappa shape index (κ1) is 20.8. The number of unbranched alkanes of at least 4 members (excludes halogenated alkanes) is 1. The van der Waals surface area contributed by atoms with Crippen molar-refractivity contribution in [2.24, 2.45) is 0 Å². The summed E-state index contributed by atoms with van der Waals surface area (Å²) in [5.74, 6) is 0.210. The summed E-state index contributed by atoms with van der Waals surface area (Å²) in [5, 5.41) is 6.31. The molecule has 0 fully saturated rings. The second kappa shape index (κ2) is 9.97. The fourth-order valence-corrected chi connectivity index (χ4v) is 2.63. The molecule has 0 aliphatic heterocycles. The quantitative estimate of drug-likeness (QED) is 0.654. The Morgan fingerprint density at radius 3 is 2.30 bits per heavy atom. The molecule has 2 rings (SSSR count). The molecule has 0 saturated heterocycles. The summed E-state index contributed by atoms with van der Waals surface area (Å²) in [4.78, 5) is 24.0. The molecule has 0 heterocycles. The molecule has 5 nitrogen and oxygen atoms in total. The van der Waals surface area contributed by atoms with E-state index in [1.807, 2.05) is 13.8 Å². The molecule has 0 aliphatic carbocycles. The standard InChI is InChI=1S/C21H25ClN2O3/c1-4-5-10-23-21(26)16-6-8-17(9-7-16)24-19(25)13-27-18-11-14(2)20(22)15(3)12-18/h6-9,11-12H,4-5,10,13H2,1-3H3,(H,23,26)(H,24,25). The maximum Gasteiger partial charge on any atom is 0.262 e. The molecule has 0 saturated carbocycles. The van der Waals surface area contributed by atoms with Crippen molar-refractivity contribution >= 4 is 29.1 Å². The molecular formula is C21H25ClN2O3. The van der Waals surface area contributed by atoms with Gasteiger partial charge >= 0.3 is 0 Å². The highest BCUT2D eigenvalue weighted by molar-refractivity contribution is 6.32. The van der Waals surface area contributed by atoms with Gasteiger partial charge in [-0.05, 0) is 67.8 Å². The van der Waals surface area contributed by atoms with E-state index in [1.54, 1.807) is 36.4 Å². The third-order valence-corrected chi connectivity index (χ3v) is 4.62. The molecule has 6 heteroatoms. The fraction of sp³-hybridized carbons (Fsp3) is 0.333. The maximum atomic E-state index is 12.1. The smallest absolute Gasteiger partial charge is 0.262 e. The molecular weight excluding hydrogens is 364 g/mol. The predicted molar refractivity (Wildman–Crippen MR) is 109 cm³/mol. The number of benzene rings is 2. The van der Waals surface area contributed by atoms with Gasteiger partial charge in [0.05, 0.1) is 0 Å². The molecule has 0 unspecified atom stereocenters. The van der Waals surface area contributed by atoms with Crippen LogP contribution in [0.4, 0.5) is 5.69 Å². The molecule has 27 heavy (non-hydrogen) atoms. The minimum absolute atomic E-state index is 0.111. The third-order valence-electron chi connectivity index (χ3n) is 4.03.